The molecule has 0 spiro atoms. The van der Waals surface area contributed by atoms with Gasteiger partial charge in [-0.05, 0) is 18.2 Å². The first kappa shape index (κ1) is 19.4. The molecule has 0 bridgehead atoms. The highest BCUT2D eigenvalue weighted by molar-refractivity contribution is 7.16. The van der Waals surface area contributed by atoms with Gasteiger partial charge in [-0.2, -0.15) is 4.99 Å². The fraction of sp³-hybridized carbons (Fsp3) is 0.167. The predicted molar refractivity (Wildman–Crippen MR) is 99.4 cm³/mol. The molecule has 28 heavy (non-hydrogen) atoms. The zero-order valence-corrected chi connectivity index (χ0v) is 15.4. The summed E-state index contributed by atoms with van der Waals surface area (Å²) >= 11 is 1.04. The third kappa shape index (κ3) is 3.96. The lowest BCUT2D eigenvalue weighted by Crippen LogP contribution is -2.19. The van der Waals surface area contributed by atoms with Crippen molar-refractivity contribution in [1.29, 1.82) is 0 Å². The van der Waals surface area contributed by atoms with E-state index in [1.165, 1.54) is 43.5 Å². The van der Waals surface area contributed by atoms with E-state index < -0.39 is 22.6 Å². The molecule has 2 aromatic carbocycles. The van der Waals surface area contributed by atoms with Crippen LogP contribution >= 0.6 is 11.3 Å². The Morgan fingerprint density at radius 1 is 1.29 bits per heavy atom. The summed E-state index contributed by atoms with van der Waals surface area (Å²) < 4.78 is 20.6. The summed E-state index contributed by atoms with van der Waals surface area (Å²) in [6, 6.07) is 9.66. The van der Waals surface area contributed by atoms with E-state index in [1.807, 2.05) is 0 Å². The third-order valence-corrected chi connectivity index (χ3v) is 4.99. The highest BCUT2D eigenvalue weighted by Crippen LogP contribution is 2.23. The maximum absolute atomic E-state index is 13.9. The Labute approximate surface area is 161 Å². The van der Waals surface area contributed by atoms with Crippen LogP contribution in [0.1, 0.15) is 16.8 Å². The van der Waals surface area contributed by atoms with Crippen molar-refractivity contribution in [3.63, 3.8) is 0 Å². The van der Waals surface area contributed by atoms with Crippen LogP contribution in [0.3, 0.4) is 0 Å². The van der Waals surface area contributed by atoms with Crippen molar-refractivity contribution in [3.8, 4) is 0 Å². The second-order valence-electron chi connectivity index (χ2n) is 5.67. The molecular formula is C18H14FN3O5S. The van der Waals surface area contributed by atoms with Crippen LogP contribution in [0.4, 0.5) is 10.1 Å². The molecule has 8 nitrogen and oxygen atoms in total. The number of nitro benzene ring substituents is 1. The Bertz CT molecular complexity index is 1150. The minimum atomic E-state index is -0.786. The minimum absolute atomic E-state index is 0.0143. The van der Waals surface area contributed by atoms with Gasteiger partial charge in [0.15, 0.2) is 4.80 Å². The SMILES string of the molecule is COC(=O)CCn1c(=NC(=O)c2ccccc2F)sc2cc([N+](=O)[O-])ccc21. The number of nitro groups is 1. The number of rotatable bonds is 5. The number of esters is 1. The van der Waals surface area contributed by atoms with Gasteiger partial charge in [0.05, 0.1) is 34.2 Å². The lowest BCUT2D eigenvalue weighted by molar-refractivity contribution is -0.384. The van der Waals surface area contributed by atoms with E-state index in [0.29, 0.717) is 10.2 Å². The molecule has 0 unspecified atom stereocenters. The number of amides is 1. The number of carbonyl (C=O) groups is 2. The molecule has 0 N–H and O–H groups in total. The Hall–Kier alpha value is -3.40. The van der Waals surface area contributed by atoms with E-state index in [2.05, 4.69) is 9.73 Å². The second-order valence-corrected chi connectivity index (χ2v) is 6.68. The number of methoxy groups -OCH3 is 1. The number of aryl methyl sites for hydroxylation is 1. The van der Waals surface area contributed by atoms with E-state index >= 15 is 0 Å². The Kier molecular flexibility index (Phi) is 5.59. The molecule has 1 heterocycles. The van der Waals surface area contributed by atoms with Crippen molar-refractivity contribution in [2.24, 2.45) is 4.99 Å². The molecule has 0 radical (unpaired) electrons. The number of benzene rings is 2. The number of nitrogens with zero attached hydrogens (tertiary/aromatic N) is 3. The molecule has 0 saturated heterocycles. The molecule has 0 saturated carbocycles. The number of halogens is 1. The van der Waals surface area contributed by atoms with Crippen LogP contribution in [-0.2, 0) is 16.1 Å². The van der Waals surface area contributed by atoms with E-state index in [-0.39, 0.29) is 29.0 Å². The average molecular weight is 403 g/mol. The standard InChI is InChI=1S/C18H14FN3O5S/c1-27-16(23)8-9-21-14-7-6-11(22(25)26)10-15(14)28-18(21)20-17(24)12-4-2-3-5-13(12)19/h2-7,10H,8-9H2,1H3. The van der Waals surface area contributed by atoms with Gasteiger partial charge in [0.25, 0.3) is 11.6 Å². The van der Waals surface area contributed by atoms with Gasteiger partial charge in [0, 0.05) is 18.7 Å². The number of aromatic nitrogens is 1. The summed E-state index contributed by atoms with van der Waals surface area (Å²) in [5.41, 5.74) is 0.269. The van der Waals surface area contributed by atoms with Gasteiger partial charge in [-0.1, -0.05) is 23.5 Å². The summed E-state index contributed by atoms with van der Waals surface area (Å²) in [5, 5.41) is 11.0. The van der Waals surface area contributed by atoms with Gasteiger partial charge in [-0.15, -0.1) is 0 Å². The van der Waals surface area contributed by atoms with Crippen molar-refractivity contribution in [2.45, 2.75) is 13.0 Å². The quantitative estimate of drug-likeness (QED) is 0.370. The molecule has 3 rings (SSSR count). The molecule has 144 valence electrons. The molecule has 1 amide bonds. The molecule has 0 fully saturated rings. The number of thiazole rings is 1. The van der Waals surface area contributed by atoms with Crippen molar-refractivity contribution >= 4 is 39.1 Å². The van der Waals surface area contributed by atoms with E-state index in [1.54, 1.807) is 4.57 Å². The van der Waals surface area contributed by atoms with E-state index in [4.69, 9.17) is 0 Å². The first-order valence-electron chi connectivity index (χ1n) is 8.09. The molecular weight excluding hydrogens is 389 g/mol. The van der Waals surface area contributed by atoms with Crippen LogP contribution in [0.15, 0.2) is 47.5 Å². The first-order valence-corrected chi connectivity index (χ1v) is 8.90. The zero-order valence-electron chi connectivity index (χ0n) is 14.6. The molecule has 0 atom stereocenters. The highest BCUT2D eigenvalue weighted by Gasteiger charge is 2.15. The number of fused-ring (bicyclic) bond motifs is 1. The van der Waals surface area contributed by atoms with E-state index in [9.17, 15) is 24.1 Å². The summed E-state index contributed by atoms with van der Waals surface area (Å²) in [4.78, 5) is 38.6. The number of carbonyl (C=O) groups excluding carboxylic acids is 2. The van der Waals surface area contributed by atoms with Crippen molar-refractivity contribution < 1.29 is 23.6 Å². The minimum Gasteiger partial charge on any atom is -0.469 e. The lowest BCUT2D eigenvalue weighted by atomic mass is 10.2. The smallest absolute Gasteiger partial charge is 0.307 e. The number of ether oxygens (including phenoxy) is 1. The second kappa shape index (κ2) is 8.09. The molecule has 10 heteroatoms. The summed E-state index contributed by atoms with van der Waals surface area (Å²) in [6.45, 7) is 0.147. The first-order chi connectivity index (χ1) is 13.4. The highest BCUT2D eigenvalue weighted by atomic mass is 32.1. The van der Waals surface area contributed by atoms with Crippen LogP contribution in [0.5, 0.6) is 0 Å². The Balaban J connectivity index is 2.13. The van der Waals surface area contributed by atoms with Gasteiger partial charge in [-0.25, -0.2) is 4.39 Å². The van der Waals surface area contributed by atoms with Gasteiger partial charge < -0.3 is 9.30 Å². The third-order valence-electron chi connectivity index (χ3n) is 3.95. The number of hydrogen-bond donors (Lipinski definition) is 0. The van der Waals surface area contributed by atoms with Gasteiger partial charge >= 0.3 is 5.97 Å². The van der Waals surface area contributed by atoms with Crippen LogP contribution < -0.4 is 4.80 Å². The fourth-order valence-electron chi connectivity index (χ4n) is 2.56. The van der Waals surface area contributed by atoms with Crippen LogP contribution in [0.25, 0.3) is 10.2 Å². The van der Waals surface area contributed by atoms with Crippen molar-refractivity contribution in [2.75, 3.05) is 7.11 Å². The van der Waals surface area contributed by atoms with E-state index in [0.717, 1.165) is 17.4 Å². The lowest BCUT2D eigenvalue weighted by Gasteiger charge is -2.04. The monoisotopic (exact) mass is 403 g/mol. The largest absolute Gasteiger partial charge is 0.469 e. The molecule has 0 aliphatic carbocycles. The van der Waals surface area contributed by atoms with Crippen LogP contribution in [-0.4, -0.2) is 28.5 Å². The van der Waals surface area contributed by atoms with Crippen molar-refractivity contribution in [1.82, 2.24) is 4.57 Å². The molecule has 1 aromatic heterocycles. The van der Waals surface area contributed by atoms with Gasteiger partial charge in [0.1, 0.15) is 5.82 Å². The molecule has 3 aromatic rings. The topological polar surface area (TPSA) is 104 Å². The van der Waals surface area contributed by atoms with Gasteiger partial charge in [-0.3, -0.25) is 19.7 Å². The van der Waals surface area contributed by atoms with Crippen LogP contribution in [0.2, 0.25) is 0 Å². The van der Waals surface area contributed by atoms with Gasteiger partial charge in [0.2, 0.25) is 0 Å². The predicted octanol–water partition coefficient (Wildman–Crippen LogP) is 3.05. The normalized spacial score (nSPS) is 11.6. The molecule has 0 aliphatic rings. The summed E-state index contributed by atoms with van der Waals surface area (Å²) in [5.74, 6) is -1.94. The number of non-ortho nitro benzene ring substituents is 1. The summed E-state index contributed by atoms with van der Waals surface area (Å²) in [7, 11) is 1.26. The van der Waals surface area contributed by atoms with Crippen LogP contribution in [0, 0.1) is 15.9 Å². The van der Waals surface area contributed by atoms with Crippen molar-refractivity contribution in [3.05, 3.63) is 68.8 Å². The molecule has 0 aliphatic heterocycles. The maximum Gasteiger partial charge on any atom is 0.307 e. The maximum atomic E-state index is 13.9. The summed E-state index contributed by atoms with van der Waals surface area (Å²) in [6.07, 6.45) is 0.0143. The Morgan fingerprint density at radius 3 is 2.71 bits per heavy atom. The fourth-order valence-corrected chi connectivity index (χ4v) is 3.65. The zero-order chi connectivity index (χ0) is 20.3. The number of hydrogen-bond acceptors (Lipinski definition) is 6. The average Bonchev–Trinajstić information content (AvgIpc) is 3.02. The Morgan fingerprint density at radius 2 is 2.04 bits per heavy atom.